The van der Waals surface area contributed by atoms with Gasteiger partial charge in [0, 0.05) is 29.1 Å². The maximum absolute atomic E-state index is 12.2. The van der Waals surface area contributed by atoms with Crippen molar-refractivity contribution in [2.24, 2.45) is 0 Å². The van der Waals surface area contributed by atoms with Gasteiger partial charge in [-0.2, -0.15) is 5.10 Å². The number of aromatic amines is 1. The first-order valence-corrected chi connectivity index (χ1v) is 8.51. The Hall–Kier alpha value is -2.67. The van der Waals surface area contributed by atoms with E-state index in [1.54, 1.807) is 17.5 Å². The zero-order valence-corrected chi connectivity index (χ0v) is 14.4. The van der Waals surface area contributed by atoms with E-state index in [4.69, 9.17) is 0 Å². The van der Waals surface area contributed by atoms with Gasteiger partial charge in [0.15, 0.2) is 0 Å². The monoisotopic (exact) mass is 341 g/mol. The van der Waals surface area contributed by atoms with Crippen molar-refractivity contribution in [1.82, 2.24) is 20.5 Å². The van der Waals surface area contributed by atoms with Crippen LogP contribution < -0.4 is 10.6 Å². The molecule has 0 fully saturated rings. The number of nitrogens with one attached hydrogen (secondary N) is 3. The number of aryl methyl sites for hydroxylation is 1. The Morgan fingerprint density at radius 2 is 2.08 bits per heavy atom. The van der Waals surface area contributed by atoms with E-state index < -0.39 is 0 Å². The third kappa shape index (κ3) is 3.80. The van der Waals surface area contributed by atoms with Crippen LogP contribution in [0.3, 0.4) is 0 Å². The number of urea groups is 1. The van der Waals surface area contributed by atoms with Gasteiger partial charge in [-0.15, -0.1) is 11.3 Å². The molecule has 0 saturated carbocycles. The van der Waals surface area contributed by atoms with Crippen LogP contribution in [-0.4, -0.2) is 27.8 Å². The Balaban J connectivity index is 1.59. The van der Waals surface area contributed by atoms with E-state index in [0.717, 1.165) is 16.3 Å². The number of hydrogen-bond acceptors (Lipinski definition) is 4. The van der Waals surface area contributed by atoms with Gasteiger partial charge in [0.1, 0.15) is 0 Å². The van der Waals surface area contributed by atoms with Crippen LogP contribution in [0, 0.1) is 6.92 Å². The number of thiazole rings is 1. The van der Waals surface area contributed by atoms with Gasteiger partial charge < -0.3 is 10.6 Å². The highest BCUT2D eigenvalue weighted by Crippen LogP contribution is 2.25. The van der Waals surface area contributed by atoms with Gasteiger partial charge in [0.05, 0.1) is 22.6 Å². The number of aromatic nitrogens is 3. The van der Waals surface area contributed by atoms with Crippen LogP contribution in [-0.2, 0) is 0 Å². The number of amides is 2. The van der Waals surface area contributed by atoms with Gasteiger partial charge in [-0.05, 0) is 6.92 Å². The van der Waals surface area contributed by atoms with Gasteiger partial charge in [0.2, 0.25) is 0 Å². The number of carbonyl (C=O) groups excluding carboxylic acids is 1. The van der Waals surface area contributed by atoms with Gasteiger partial charge in [0.25, 0.3) is 0 Å². The van der Waals surface area contributed by atoms with Crippen molar-refractivity contribution in [2.45, 2.75) is 19.8 Å². The minimum atomic E-state index is -0.256. The van der Waals surface area contributed by atoms with E-state index in [9.17, 15) is 4.79 Å². The van der Waals surface area contributed by atoms with E-state index in [-0.39, 0.29) is 11.9 Å². The first-order valence-electron chi connectivity index (χ1n) is 7.69. The Labute approximate surface area is 144 Å². The van der Waals surface area contributed by atoms with Crippen LogP contribution in [0.5, 0.6) is 0 Å². The Kier molecular flexibility index (Phi) is 4.90. The highest BCUT2D eigenvalue weighted by atomic mass is 32.1. The molecule has 1 unspecified atom stereocenters. The molecule has 3 rings (SSSR count). The lowest BCUT2D eigenvalue weighted by molar-refractivity contribution is 0.251. The first kappa shape index (κ1) is 16.2. The summed E-state index contributed by atoms with van der Waals surface area (Å²) in [5.74, 6) is 0.174. The highest BCUT2D eigenvalue weighted by molar-refractivity contribution is 7.11. The van der Waals surface area contributed by atoms with E-state index in [1.165, 1.54) is 4.88 Å². The summed E-state index contributed by atoms with van der Waals surface area (Å²) in [6.45, 7) is 4.60. The molecule has 0 radical (unpaired) electrons. The molecule has 3 aromatic rings. The van der Waals surface area contributed by atoms with E-state index >= 15 is 0 Å². The summed E-state index contributed by atoms with van der Waals surface area (Å²) >= 11 is 1.65. The molecule has 6 nitrogen and oxygen atoms in total. The number of nitrogens with zero attached hydrogens (tertiary/aromatic N) is 2. The smallest absolute Gasteiger partial charge is 0.319 e. The summed E-state index contributed by atoms with van der Waals surface area (Å²) in [6.07, 6.45) is 3.46. The van der Waals surface area contributed by atoms with E-state index in [2.05, 4.69) is 25.8 Å². The minimum absolute atomic E-state index is 0.174. The second kappa shape index (κ2) is 7.27. The van der Waals surface area contributed by atoms with E-state index in [1.807, 2.05) is 50.4 Å². The molecule has 3 N–H and O–H groups in total. The fourth-order valence-electron chi connectivity index (χ4n) is 2.31. The quantitative estimate of drug-likeness (QED) is 0.660. The minimum Gasteiger partial charge on any atom is -0.337 e. The number of rotatable bonds is 5. The Morgan fingerprint density at radius 3 is 2.79 bits per heavy atom. The maximum Gasteiger partial charge on any atom is 0.319 e. The molecule has 2 amide bonds. The lowest BCUT2D eigenvalue weighted by atomic mass is 10.1. The number of benzene rings is 1. The zero-order valence-electron chi connectivity index (χ0n) is 13.5. The van der Waals surface area contributed by atoms with Crippen molar-refractivity contribution < 1.29 is 4.79 Å². The predicted octanol–water partition coefficient (Wildman–Crippen LogP) is 3.77. The molecule has 1 atom stereocenters. The fraction of sp³-hybridized carbons (Fsp3) is 0.235. The summed E-state index contributed by atoms with van der Waals surface area (Å²) in [5.41, 5.74) is 2.41. The van der Waals surface area contributed by atoms with Crippen LogP contribution in [0.15, 0.2) is 42.7 Å². The maximum atomic E-state index is 12.2. The molecule has 0 saturated heterocycles. The van der Waals surface area contributed by atoms with E-state index in [0.29, 0.717) is 12.2 Å². The van der Waals surface area contributed by atoms with Crippen LogP contribution >= 0.6 is 11.3 Å². The van der Waals surface area contributed by atoms with Crippen molar-refractivity contribution in [2.75, 3.05) is 11.9 Å². The van der Waals surface area contributed by atoms with Gasteiger partial charge in [-0.1, -0.05) is 37.3 Å². The standard InChI is InChI=1S/C17H19N5OS/c1-11(16-18-9-12(2)24-16)8-19-17(23)21-14-10-20-22-15(14)13-6-4-3-5-7-13/h3-7,9-11H,8H2,1-2H3,(H,20,22)(H2,19,21,23). The van der Waals surface area contributed by atoms with Gasteiger partial charge in [-0.25, -0.2) is 9.78 Å². The number of anilines is 1. The van der Waals surface area contributed by atoms with Crippen molar-refractivity contribution in [3.8, 4) is 11.3 Å². The number of H-pyrrole nitrogens is 1. The molecule has 0 aliphatic carbocycles. The summed E-state index contributed by atoms with van der Waals surface area (Å²) in [5, 5.41) is 13.7. The summed E-state index contributed by atoms with van der Waals surface area (Å²) in [4.78, 5) is 17.7. The molecule has 0 spiro atoms. The fourth-order valence-corrected chi connectivity index (χ4v) is 3.13. The average Bonchev–Trinajstić information content (AvgIpc) is 3.22. The molecule has 2 aromatic heterocycles. The van der Waals surface area contributed by atoms with Crippen molar-refractivity contribution in [3.05, 3.63) is 52.6 Å². The average molecular weight is 341 g/mol. The molecule has 124 valence electrons. The summed E-state index contributed by atoms with van der Waals surface area (Å²) in [6, 6.07) is 9.50. The lowest BCUT2D eigenvalue weighted by Crippen LogP contribution is -2.31. The third-order valence-electron chi connectivity index (χ3n) is 3.58. The summed E-state index contributed by atoms with van der Waals surface area (Å²) in [7, 11) is 0. The van der Waals surface area contributed by atoms with Crippen molar-refractivity contribution in [1.29, 1.82) is 0 Å². The van der Waals surface area contributed by atoms with Crippen LogP contribution in [0.2, 0.25) is 0 Å². The Morgan fingerprint density at radius 1 is 1.29 bits per heavy atom. The van der Waals surface area contributed by atoms with Crippen molar-refractivity contribution in [3.63, 3.8) is 0 Å². The number of hydrogen-bond donors (Lipinski definition) is 3. The molecule has 2 heterocycles. The molecular formula is C17H19N5OS. The molecular weight excluding hydrogens is 322 g/mol. The SMILES string of the molecule is Cc1cnc(C(C)CNC(=O)Nc2cn[nH]c2-c2ccccc2)s1. The molecule has 7 heteroatoms. The largest absolute Gasteiger partial charge is 0.337 e. The lowest BCUT2D eigenvalue weighted by Gasteiger charge is -2.11. The van der Waals surface area contributed by atoms with Crippen LogP contribution in [0.4, 0.5) is 10.5 Å². The first-order chi connectivity index (χ1) is 11.6. The van der Waals surface area contributed by atoms with Crippen molar-refractivity contribution >= 4 is 23.1 Å². The normalized spacial score (nSPS) is 11.9. The summed E-state index contributed by atoms with van der Waals surface area (Å²) < 4.78 is 0. The van der Waals surface area contributed by atoms with Gasteiger partial charge >= 0.3 is 6.03 Å². The second-order valence-electron chi connectivity index (χ2n) is 5.57. The molecule has 1 aromatic carbocycles. The Bertz CT molecular complexity index is 811. The molecule has 24 heavy (non-hydrogen) atoms. The second-order valence-corrected chi connectivity index (χ2v) is 6.84. The third-order valence-corrected chi connectivity index (χ3v) is 4.72. The molecule has 0 aliphatic rings. The predicted molar refractivity (Wildman–Crippen MR) is 96.3 cm³/mol. The number of carbonyl (C=O) groups is 1. The van der Waals surface area contributed by atoms with Gasteiger partial charge in [-0.3, -0.25) is 5.10 Å². The zero-order chi connectivity index (χ0) is 16.9. The molecule has 0 aliphatic heterocycles. The molecule has 0 bridgehead atoms. The van der Waals surface area contributed by atoms with Crippen LogP contribution in [0.1, 0.15) is 22.7 Å². The topological polar surface area (TPSA) is 82.7 Å². The van der Waals surface area contributed by atoms with Crippen LogP contribution in [0.25, 0.3) is 11.3 Å². The highest BCUT2D eigenvalue weighted by Gasteiger charge is 2.13.